The van der Waals surface area contributed by atoms with Gasteiger partial charge in [-0.3, -0.25) is 4.90 Å². The topological polar surface area (TPSA) is 29.5 Å². The summed E-state index contributed by atoms with van der Waals surface area (Å²) in [4.78, 5) is 2.52. The highest BCUT2D eigenvalue weighted by Gasteiger charge is 2.27. The molecule has 4 heteroatoms. The van der Waals surface area contributed by atoms with Crippen LogP contribution in [-0.2, 0) is 10.7 Å². The molecule has 3 nitrogen and oxygen atoms in total. The van der Waals surface area contributed by atoms with Crippen molar-refractivity contribution in [2.24, 2.45) is 0 Å². The van der Waals surface area contributed by atoms with Crippen LogP contribution in [0.15, 0.2) is 84.9 Å². The van der Waals surface area contributed by atoms with Gasteiger partial charge in [-0.1, -0.05) is 79.2 Å². The highest BCUT2D eigenvalue weighted by Crippen LogP contribution is 2.46. The molecule has 3 aromatic rings. The molecule has 1 atom stereocenters. The van der Waals surface area contributed by atoms with Gasteiger partial charge in [0.25, 0.3) is 0 Å². The van der Waals surface area contributed by atoms with Gasteiger partial charge in [0.15, 0.2) is 0 Å². The average Bonchev–Trinajstić information content (AvgIpc) is 2.82. The van der Waals surface area contributed by atoms with E-state index in [0.29, 0.717) is 18.8 Å². The van der Waals surface area contributed by atoms with Crippen LogP contribution in [0.4, 0.5) is 0 Å². The van der Waals surface area contributed by atoms with E-state index in [1.165, 1.54) is 25.8 Å². The lowest BCUT2D eigenvalue weighted by atomic mass is 10.0. The Hall–Kier alpha value is -2.35. The van der Waals surface area contributed by atoms with Gasteiger partial charge in [0.1, 0.15) is 19.5 Å². The number of nitrogens with zero attached hydrogens (tertiary/aromatic N) is 1. The normalized spacial score (nSPS) is 17.4. The summed E-state index contributed by atoms with van der Waals surface area (Å²) in [5.41, 5.74) is 1.06. The molecule has 0 aliphatic carbocycles. The van der Waals surface area contributed by atoms with Crippen LogP contribution in [0.2, 0.25) is 0 Å². The second-order valence-electron chi connectivity index (χ2n) is 8.44. The van der Waals surface area contributed by atoms with Crippen molar-refractivity contribution < 1.29 is 9.30 Å². The quantitative estimate of drug-likeness (QED) is 0.442. The maximum absolute atomic E-state index is 14.2. The zero-order chi connectivity index (χ0) is 21.5. The number of hydrogen-bond donors (Lipinski definition) is 0. The zero-order valence-electron chi connectivity index (χ0n) is 18.3. The SMILES string of the molecule is CC1CCCCN1CCOc1ccc(CP(=O)(c2ccccc2)c2ccccc2)cc1. The van der Waals surface area contributed by atoms with Crippen molar-refractivity contribution in [1.82, 2.24) is 4.90 Å². The first kappa shape index (κ1) is 21.9. The van der Waals surface area contributed by atoms with E-state index in [1.807, 2.05) is 72.8 Å². The molecule has 1 saturated heterocycles. The first-order valence-corrected chi connectivity index (χ1v) is 13.2. The minimum absolute atomic E-state index is 0.507. The smallest absolute Gasteiger partial charge is 0.147 e. The Morgan fingerprint density at radius 1 is 0.871 bits per heavy atom. The molecule has 1 aliphatic rings. The number of benzene rings is 3. The summed E-state index contributed by atoms with van der Waals surface area (Å²) in [6, 6.07) is 28.5. The van der Waals surface area contributed by atoms with Crippen LogP contribution in [0, 0.1) is 0 Å². The Morgan fingerprint density at radius 3 is 2.06 bits per heavy atom. The van der Waals surface area contributed by atoms with Gasteiger partial charge in [0.2, 0.25) is 0 Å². The van der Waals surface area contributed by atoms with Crippen LogP contribution in [0.1, 0.15) is 31.7 Å². The Bertz CT molecular complexity index is 945. The fourth-order valence-corrected chi connectivity index (χ4v) is 7.08. The fraction of sp³-hybridized carbons (Fsp3) is 0.333. The van der Waals surface area contributed by atoms with E-state index in [4.69, 9.17) is 4.74 Å². The van der Waals surface area contributed by atoms with Gasteiger partial charge in [0.05, 0.1) is 0 Å². The minimum Gasteiger partial charge on any atom is -0.492 e. The predicted octanol–water partition coefficient (Wildman–Crippen LogP) is 5.45. The summed E-state index contributed by atoms with van der Waals surface area (Å²) in [7, 11) is -2.76. The van der Waals surface area contributed by atoms with Crippen molar-refractivity contribution in [3.63, 3.8) is 0 Å². The molecule has 4 rings (SSSR count). The molecule has 31 heavy (non-hydrogen) atoms. The highest BCUT2D eigenvalue weighted by atomic mass is 31.2. The van der Waals surface area contributed by atoms with Crippen LogP contribution in [0.25, 0.3) is 0 Å². The molecule has 1 heterocycles. The summed E-state index contributed by atoms with van der Waals surface area (Å²) in [6.45, 7) is 5.17. The van der Waals surface area contributed by atoms with E-state index in [-0.39, 0.29) is 0 Å². The molecular formula is C27H32NO2P. The third-order valence-corrected chi connectivity index (χ3v) is 9.34. The summed E-state index contributed by atoms with van der Waals surface area (Å²) < 4.78 is 20.2. The van der Waals surface area contributed by atoms with E-state index < -0.39 is 7.14 Å². The van der Waals surface area contributed by atoms with Crippen LogP contribution in [0.3, 0.4) is 0 Å². The Balaban J connectivity index is 1.43. The molecular weight excluding hydrogens is 401 g/mol. The summed E-state index contributed by atoms with van der Waals surface area (Å²) in [6.07, 6.45) is 4.43. The van der Waals surface area contributed by atoms with Crippen LogP contribution in [-0.4, -0.2) is 30.6 Å². The van der Waals surface area contributed by atoms with Gasteiger partial charge >= 0.3 is 0 Å². The highest BCUT2D eigenvalue weighted by molar-refractivity contribution is 7.78. The van der Waals surface area contributed by atoms with Crippen molar-refractivity contribution >= 4 is 17.8 Å². The third-order valence-electron chi connectivity index (χ3n) is 6.26. The van der Waals surface area contributed by atoms with Gasteiger partial charge in [-0.2, -0.15) is 0 Å². The molecule has 0 saturated carbocycles. The molecule has 0 spiro atoms. The number of ether oxygens (including phenoxy) is 1. The van der Waals surface area contributed by atoms with Crippen LogP contribution >= 0.6 is 7.14 Å². The van der Waals surface area contributed by atoms with Gasteiger partial charge in [-0.25, -0.2) is 0 Å². The Labute approximate surface area is 186 Å². The summed E-state index contributed by atoms with van der Waals surface area (Å²) in [5.74, 6) is 0.877. The molecule has 162 valence electrons. The van der Waals surface area contributed by atoms with E-state index in [1.54, 1.807) is 0 Å². The maximum Gasteiger partial charge on any atom is 0.147 e. The maximum atomic E-state index is 14.2. The van der Waals surface area contributed by atoms with E-state index in [0.717, 1.165) is 28.5 Å². The van der Waals surface area contributed by atoms with E-state index in [9.17, 15) is 4.57 Å². The number of piperidine rings is 1. The van der Waals surface area contributed by atoms with Gasteiger partial charge < -0.3 is 9.30 Å². The summed E-state index contributed by atoms with van der Waals surface area (Å²) in [5, 5.41) is 1.80. The van der Waals surface area contributed by atoms with Crippen molar-refractivity contribution in [1.29, 1.82) is 0 Å². The molecule has 0 aromatic heterocycles. The van der Waals surface area contributed by atoms with Crippen molar-refractivity contribution in [2.45, 2.75) is 38.4 Å². The van der Waals surface area contributed by atoms with Gasteiger partial charge in [-0.05, 0) is 44.0 Å². The van der Waals surface area contributed by atoms with Crippen molar-refractivity contribution in [3.05, 3.63) is 90.5 Å². The Kier molecular flexibility index (Phi) is 7.27. The van der Waals surface area contributed by atoms with Gasteiger partial charge in [-0.15, -0.1) is 0 Å². The minimum atomic E-state index is -2.76. The fourth-order valence-electron chi connectivity index (χ4n) is 4.39. The zero-order valence-corrected chi connectivity index (χ0v) is 19.2. The second kappa shape index (κ2) is 10.3. The molecule has 1 fully saturated rings. The van der Waals surface area contributed by atoms with Crippen molar-refractivity contribution in [3.8, 4) is 5.75 Å². The lowest BCUT2D eigenvalue weighted by Crippen LogP contribution is -2.39. The van der Waals surface area contributed by atoms with E-state index in [2.05, 4.69) is 24.0 Å². The number of rotatable bonds is 8. The van der Waals surface area contributed by atoms with E-state index >= 15 is 0 Å². The molecule has 0 bridgehead atoms. The molecule has 0 amide bonds. The lowest BCUT2D eigenvalue weighted by molar-refractivity contribution is 0.133. The number of likely N-dealkylation sites (tertiary alicyclic amines) is 1. The van der Waals surface area contributed by atoms with Crippen LogP contribution in [0.5, 0.6) is 5.75 Å². The molecule has 0 radical (unpaired) electrons. The monoisotopic (exact) mass is 433 g/mol. The standard InChI is InChI=1S/C27H32NO2P/c1-23-10-8-9-19-28(23)20-21-30-25-17-15-24(16-18-25)22-31(29,26-11-4-2-5-12-26)27-13-6-3-7-14-27/h2-7,11-18,23H,8-10,19-22H2,1H3. The van der Waals surface area contributed by atoms with Gasteiger partial charge in [0, 0.05) is 29.4 Å². The molecule has 3 aromatic carbocycles. The molecule has 1 unspecified atom stereocenters. The lowest BCUT2D eigenvalue weighted by Gasteiger charge is -2.33. The number of hydrogen-bond acceptors (Lipinski definition) is 3. The third kappa shape index (κ3) is 5.47. The average molecular weight is 434 g/mol. The largest absolute Gasteiger partial charge is 0.492 e. The second-order valence-corrected chi connectivity index (χ2v) is 11.3. The Morgan fingerprint density at radius 2 is 1.48 bits per heavy atom. The predicted molar refractivity (Wildman–Crippen MR) is 130 cm³/mol. The first-order chi connectivity index (χ1) is 15.1. The first-order valence-electron chi connectivity index (χ1n) is 11.3. The van der Waals surface area contributed by atoms with Crippen molar-refractivity contribution in [2.75, 3.05) is 19.7 Å². The summed E-state index contributed by atoms with van der Waals surface area (Å²) >= 11 is 0. The molecule has 0 N–H and O–H groups in total. The molecule has 1 aliphatic heterocycles. The van der Waals surface area contributed by atoms with Crippen LogP contribution < -0.4 is 15.3 Å².